The van der Waals surface area contributed by atoms with E-state index in [9.17, 15) is 19.8 Å². The molecule has 122 valence electrons. The van der Waals surface area contributed by atoms with Crippen LogP contribution in [0.3, 0.4) is 0 Å². The van der Waals surface area contributed by atoms with Gasteiger partial charge < -0.3 is 29.2 Å². The van der Waals surface area contributed by atoms with Gasteiger partial charge in [0.1, 0.15) is 19.5 Å². The third-order valence-corrected chi connectivity index (χ3v) is 2.23. The van der Waals surface area contributed by atoms with E-state index < -0.39 is 24.1 Å². The van der Waals surface area contributed by atoms with E-state index in [2.05, 4.69) is 9.47 Å². The lowest BCUT2D eigenvalue weighted by atomic mass is 10.3. The zero-order valence-corrected chi connectivity index (χ0v) is 12.2. The van der Waals surface area contributed by atoms with Crippen molar-refractivity contribution in [3.8, 4) is 0 Å². The van der Waals surface area contributed by atoms with Gasteiger partial charge in [0, 0.05) is 12.2 Å². The second-order valence-electron chi connectivity index (χ2n) is 4.06. The number of methoxy groups -OCH3 is 1. The molecule has 0 aliphatic carbocycles. The van der Waals surface area contributed by atoms with Crippen molar-refractivity contribution >= 4 is 11.9 Å². The molecule has 2 unspecified atom stereocenters. The van der Waals surface area contributed by atoms with Crippen molar-refractivity contribution < 1.29 is 38.7 Å². The van der Waals surface area contributed by atoms with Gasteiger partial charge in [-0.3, -0.25) is 0 Å². The number of carbonyl (C=O) groups is 2. The Hall–Kier alpha value is -1.48. The molecule has 0 aliphatic heterocycles. The largest absolute Gasteiger partial charge is 0.466 e. The van der Waals surface area contributed by atoms with Crippen LogP contribution in [0, 0.1) is 0 Å². The molecule has 0 aromatic heterocycles. The molecule has 0 aliphatic rings. The summed E-state index contributed by atoms with van der Waals surface area (Å²) in [6, 6.07) is 0. The minimum atomic E-state index is -1.01. The van der Waals surface area contributed by atoms with Gasteiger partial charge in [0.25, 0.3) is 0 Å². The summed E-state index contributed by atoms with van der Waals surface area (Å²) in [6.45, 7) is 1.53. The van der Waals surface area contributed by atoms with Crippen LogP contribution < -0.4 is 0 Å². The predicted molar refractivity (Wildman–Crippen MR) is 71.2 cm³/mol. The first-order valence-corrected chi connectivity index (χ1v) is 6.44. The Bertz CT molecular complexity index is 328. The number of carbonyl (C=O) groups excluding carboxylic acids is 2. The zero-order chi connectivity index (χ0) is 16.1. The molecule has 0 rings (SSSR count). The normalized spacial score (nSPS) is 13.9. The van der Waals surface area contributed by atoms with E-state index in [1.165, 1.54) is 7.11 Å². The maximum absolute atomic E-state index is 11.1. The summed E-state index contributed by atoms with van der Waals surface area (Å²) in [5.41, 5.74) is 0. The number of aliphatic hydroxyl groups is 2. The van der Waals surface area contributed by atoms with E-state index in [0.29, 0.717) is 6.42 Å². The highest BCUT2D eigenvalue weighted by molar-refractivity contribution is 5.91. The summed E-state index contributed by atoms with van der Waals surface area (Å²) in [6.07, 6.45) is 0.839. The quantitative estimate of drug-likeness (QED) is 0.225. The van der Waals surface area contributed by atoms with Crippen molar-refractivity contribution in [3.05, 3.63) is 12.2 Å². The number of hydrogen-bond donors (Lipinski definition) is 2. The predicted octanol–water partition coefficient (Wildman–Crippen LogP) is -0.619. The third kappa shape index (κ3) is 12.0. The number of hydrogen-bond acceptors (Lipinski definition) is 8. The van der Waals surface area contributed by atoms with Crippen LogP contribution in [0.25, 0.3) is 0 Å². The van der Waals surface area contributed by atoms with E-state index >= 15 is 0 Å². The van der Waals surface area contributed by atoms with Gasteiger partial charge in [0.15, 0.2) is 0 Å². The summed E-state index contributed by atoms with van der Waals surface area (Å²) in [4.78, 5) is 21.8. The van der Waals surface area contributed by atoms with Crippen LogP contribution in [-0.4, -0.2) is 68.1 Å². The van der Waals surface area contributed by atoms with Crippen LogP contribution in [0.1, 0.15) is 13.3 Å². The molecule has 0 saturated heterocycles. The molecule has 2 atom stereocenters. The van der Waals surface area contributed by atoms with Crippen LogP contribution in [0.15, 0.2) is 12.2 Å². The van der Waals surface area contributed by atoms with Crippen molar-refractivity contribution in [3.63, 3.8) is 0 Å². The van der Waals surface area contributed by atoms with Crippen LogP contribution in [-0.2, 0) is 28.5 Å². The summed E-state index contributed by atoms with van der Waals surface area (Å²) in [5, 5.41) is 18.6. The Labute approximate surface area is 123 Å². The van der Waals surface area contributed by atoms with Crippen molar-refractivity contribution in [2.75, 3.05) is 33.7 Å². The van der Waals surface area contributed by atoms with Gasteiger partial charge in [0.2, 0.25) is 0 Å². The third-order valence-electron chi connectivity index (χ3n) is 2.23. The standard InChI is InChI=1S/C13H22O8/c1-3-10(14)6-19-9-20-7-11(15)8-21-13(17)5-4-12(16)18-2/h4-5,10-11,14-15H,3,6-9H2,1-2H3/b5-4-. The highest BCUT2D eigenvalue weighted by Gasteiger charge is 2.08. The van der Waals surface area contributed by atoms with Crippen molar-refractivity contribution in [1.29, 1.82) is 0 Å². The van der Waals surface area contributed by atoms with Gasteiger partial charge in [0.05, 0.1) is 26.4 Å². The molecule has 21 heavy (non-hydrogen) atoms. The molecule has 0 radical (unpaired) electrons. The summed E-state index contributed by atoms with van der Waals surface area (Å²) in [7, 11) is 1.18. The minimum Gasteiger partial charge on any atom is -0.466 e. The first kappa shape index (κ1) is 19.5. The first-order chi connectivity index (χ1) is 9.99. The Morgan fingerprint density at radius 1 is 1.00 bits per heavy atom. The first-order valence-electron chi connectivity index (χ1n) is 6.44. The molecule has 2 N–H and O–H groups in total. The SMILES string of the molecule is CCC(O)COCOCC(O)COC(=O)/C=C\C(=O)OC. The lowest BCUT2D eigenvalue weighted by Gasteiger charge is -2.12. The average Bonchev–Trinajstić information content (AvgIpc) is 2.49. The van der Waals surface area contributed by atoms with Gasteiger partial charge >= 0.3 is 11.9 Å². The molecule has 8 nitrogen and oxygen atoms in total. The fourth-order valence-corrected chi connectivity index (χ4v) is 1.02. The molecule has 0 fully saturated rings. The molecule has 0 aromatic rings. The van der Waals surface area contributed by atoms with E-state index in [1.54, 1.807) is 0 Å². The number of rotatable bonds is 11. The van der Waals surface area contributed by atoms with Gasteiger partial charge in [-0.25, -0.2) is 9.59 Å². The Morgan fingerprint density at radius 3 is 2.14 bits per heavy atom. The molecule has 8 heteroatoms. The van der Waals surface area contributed by atoms with Crippen LogP contribution in [0.2, 0.25) is 0 Å². The van der Waals surface area contributed by atoms with Gasteiger partial charge in [-0.05, 0) is 6.42 Å². The molecular weight excluding hydrogens is 284 g/mol. The van der Waals surface area contributed by atoms with Crippen LogP contribution in [0.5, 0.6) is 0 Å². The second kappa shape index (κ2) is 12.3. The van der Waals surface area contributed by atoms with E-state index in [4.69, 9.17) is 9.47 Å². The molecule has 0 aromatic carbocycles. The number of aliphatic hydroxyl groups excluding tert-OH is 2. The van der Waals surface area contributed by atoms with Crippen molar-refractivity contribution in [2.24, 2.45) is 0 Å². The lowest BCUT2D eigenvalue weighted by Crippen LogP contribution is -2.24. The Balaban J connectivity index is 3.62. The van der Waals surface area contributed by atoms with Gasteiger partial charge in [-0.2, -0.15) is 0 Å². The van der Waals surface area contributed by atoms with Crippen molar-refractivity contribution in [1.82, 2.24) is 0 Å². The average molecular weight is 306 g/mol. The fourth-order valence-electron chi connectivity index (χ4n) is 1.02. The van der Waals surface area contributed by atoms with E-state index in [1.807, 2.05) is 6.92 Å². The lowest BCUT2D eigenvalue weighted by molar-refractivity contribution is -0.145. The Kier molecular flexibility index (Phi) is 11.4. The topological polar surface area (TPSA) is 112 Å². The number of ether oxygens (including phenoxy) is 4. The van der Waals surface area contributed by atoms with Crippen molar-refractivity contribution in [2.45, 2.75) is 25.6 Å². The fraction of sp³-hybridized carbons (Fsp3) is 0.692. The smallest absolute Gasteiger partial charge is 0.331 e. The summed E-state index contributed by atoms with van der Waals surface area (Å²) >= 11 is 0. The van der Waals surface area contributed by atoms with Gasteiger partial charge in [-0.15, -0.1) is 0 Å². The molecule has 0 spiro atoms. The zero-order valence-electron chi connectivity index (χ0n) is 12.2. The van der Waals surface area contributed by atoms with Gasteiger partial charge in [-0.1, -0.05) is 6.92 Å². The Morgan fingerprint density at radius 2 is 1.57 bits per heavy atom. The minimum absolute atomic E-state index is 0.0791. The molecular formula is C13H22O8. The molecule has 0 heterocycles. The maximum Gasteiger partial charge on any atom is 0.331 e. The van der Waals surface area contributed by atoms with E-state index in [-0.39, 0.29) is 26.6 Å². The number of esters is 2. The molecule has 0 bridgehead atoms. The highest BCUT2D eigenvalue weighted by atomic mass is 16.7. The summed E-state index contributed by atoms with van der Waals surface area (Å²) in [5.74, 6) is -1.45. The molecule has 0 saturated carbocycles. The van der Waals surface area contributed by atoms with Crippen LogP contribution in [0.4, 0.5) is 0 Å². The highest BCUT2D eigenvalue weighted by Crippen LogP contribution is 1.93. The molecule has 0 amide bonds. The van der Waals surface area contributed by atoms with E-state index in [0.717, 1.165) is 12.2 Å². The maximum atomic E-state index is 11.1. The monoisotopic (exact) mass is 306 g/mol. The second-order valence-corrected chi connectivity index (χ2v) is 4.06. The van der Waals surface area contributed by atoms with Crippen LogP contribution >= 0.6 is 0 Å². The summed E-state index contributed by atoms with van der Waals surface area (Å²) < 4.78 is 18.9.